The molecule has 0 aliphatic carbocycles. The number of hydrogen-bond donors (Lipinski definition) is 0. The van der Waals surface area contributed by atoms with Gasteiger partial charge in [-0.1, -0.05) is 5.16 Å². The number of amides is 1. The Labute approximate surface area is 113 Å². The van der Waals surface area contributed by atoms with Gasteiger partial charge in [0.15, 0.2) is 5.82 Å². The first kappa shape index (κ1) is 13.8. The normalized spacial score (nSPS) is 20.4. The third-order valence-corrected chi connectivity index (χ3v) is 2.96. The Bertz CT molecular complexity index is 450. The van der Waals surface area contributed by atoms with E-state index < -0.39 is 5.60 Å². The van der Waals surface area contributed by atoms with Gasteiger partial charge in [0, 0.05) is 6.54 Å². The highest BCUT2D eigenvalue weighted by Crippen LogP contribution is 2.31. The number of piperidine rings is 1. The molecule has 0 N–H and O–H groups in total. The van der Waals surface area contributed by atoms with Crippen molar-refractivity contribution in [1.82, 2.24) is 15.0 Å². The molecule has 1 atom stereocenters. The van der Waals surface area contributed by atoms with Crippen molar-refractivity contribution in [1.29, 1.82) is 0 Å². The lowest BCUT2D eigenvalue weighted by Crippen LogP contribution is -2.42. The van der Waals surface area contributed by atoms with Gasteiger partial charge in [-0.3, -0.25) is 4.90 Å². The van der Waals surface area contributed by atoms with Crippen LogP contribution in [0.4, 0.5) is 4.79 Å². The molecule has 0 bridgehead atoms. The van der Waals surface area contributed by atoms with Crippen LogP contribution >= 0.6 is 0 Å². The fourth-order valence-electron chi connectivity index (χ4n) is 2.18. The third-order valence-electron chi connectivity index (χ3n) is 2.96. The quantitative estimate of drug-likeness (QED) is 0.782. The van der Waals surface area contributed by atoms with Crippen LogP contribution in [-0.4, -0.2) is 33.3 Å². The zero-order valence-corrected chi connectivity index (χ0v) is 12.0. The summed E-state index contributed by atoms with van der Waals surface area (Å²) < 4.78 is 10.6. The topological polar surface area (TPSA) is 68.5 Å². The van der Waals surface area contributed by atoms with Gasteiger partial charge in [0.2, 0.25) is 5.89 Å². The summed E-state index contributed by atoms with van der Waals surface area (Å²) in [7, 11) is 0. The first-order chi connectivity index (χ1) is 8.87. The highest BCUT2D eigenvalue weighted by Gasteiger charge is 2.34. The van der Waals surface area contributed by atoms with Crippen LogP contribution in [0, 0.1) is 6.92 Å². The minimum Gasteiger partial charge on any atom is -0.444 e. The van der Waals surface area contributed by atoms with Gasteiger partial charge in [0.05, 0.1) is 0 Å². The van der Waals surface area contributed by atoms with Crippen molar-refractivity contribution < 1.29 is 14.1 Å². The summed E-state index contributed by atoms with van der Waals surface area (Å²) in [5, 5.41) is 3.80. The van der Waals surface area contributed by atoms with Gasteiger partial charge in [-0.15, -0.1) is 0 Å². The van der Waals surface area contributed by atoms with Crippen molar-refractivity contribution in [2.45, 2.75) is 58.6 Å². The lowest BCUT2D eigenvalue weighted by molar-refractivity contribution is 0.00538. The van der Waals surface area contributed by atoms with Crippen molar-refractivity contribution >= 4 is 6.09 Å². The van der Waals surface area contributed by atoms with Gasteiger partial charge in [-0.25, -0.2) is 4.79 Å². The Balaban J connectivity index is 2.14. The maximum Gasteiger partial charge on any atom is 0.410 e. The Morgan fingerprint density at radius 2 is 2.16 bits per heavy atom. The second kappa shape index (κ2) is 5.19. The molecule has 0 radical (unpaired) electrons. The molecule has 19 heavy (non-hydrogen) atoms. The number of nitrogens with zero attached hydrogens (tertiary/aromatic N) is 3. The maximum absolute atomic E-state index is 12.2. The monoisotopic (exact) mass is 267 g/mol. The van der Waals surface area contributed by atoms with Gasteiger partial charge in [-0.2, -0.15) is 4.98 Å². The molecule has 1 aromatic rings. The Kier molecular flexibility index (Phi) is 3.78. The highest BCUT2D eigenvalue weighted by molar-refractivity contribution is 5.68. The van der Waals surface area contributed by atoms with Crippen molar-refractivity contribution in [2.75, 3.05) is 6.54 Å². The molecule has 1 aromatic heterocycles. The molecule has 2 rings (SSSR count). The molecule has 0 spiro atoms. The van der Waals surface area contributed by atoms with Crippen LogP contribution in [0.1, 0.15) is 57.8 Å². The van der Waals surface area contributed by atoms with Crippen LogP contribution in [0.5, 0.6) is 0 Å². The van der Waals surface area contributed by atoms with E-state index in [1.165, 1.54) is 0 Å². The van der Waals surface area contributed by atoms with Crippen molar-refractivity contribution in [3.05, 3.63) is 11.7 Å². The zero-order chi connectivity index (χ0) is 14.0. The van der Waals surface area contributed by atoms with Crippen molar-refractivity contribution in [3.63, 3.8) is 0 Å². The Hall–Kier alpha value is -1.59. The van der Waals surface area contributed by atoms with Crippen LogP contribution in [-0.2, 0) is 4.74 Å². The first-order valence-electron chi connectivity index (χ1n) is 6.66. The summed E-state index contributed by atoms with van der Waals surface area (Å²) in [5.74, 6) is 1.09. The number of ether oxygens (including phenoxy) is 1. The molecule has 106 valence electrons. The lowest BCUT2D eigenvalue weighted by Gasteiger charge is -2.34. The SMILES string of the molecule is Cc1noc([C@@H]2CCCCN2C(=O)OC(C)(C)C)n1. The van der Waals surface area contributed by atoms with E-state index in [0.717, 1.165) is 19.3 Å². The largest absolute Gasteiger partial charge is 0.444 e. The van der Waals surface area contributed by atoms with Gasteiger partial charge in [0.1, 0.15) is 11.6 Å². The summed E-state index contributed by atoms with van der Waals surface area (Å²) in [6, 6.07) is -0.162. The average molecular weight is 267 g/mol. The second-order valence-electron chi connectivity index (χ2n) is 5.87. The van der Waals surface area contributed by atoms with Crippen LogP contribution in [0.3, 0.4) is 0 Å². The maximum atomic E-state index is 12.2. The van der Waals surface area contributed by atoms with E-state index in [0.29, 0.717) is 18.3 Å². The van der Waals surface area contributed by atoms with E-state index in [1.54, 1.807) is 11.8 Å². The Morgan fingerprint density at radius 1 is 1.42 bits per heavy atom. The number of aryl methyl sites for hydroxylation is 1. The number of likely N-dealkylation sites (tertiary alicyclic amines) is 1. The molecule has 1 aliphatic rings. The smallest absolute Gasteiger partial charge is 0.410 e. The number of aromatic nitrogens is 2. The third kappa shape index (κ3) is 3.45. The molecular weight excluding hydrogens is 246 g/mol. The molecule has 1 saturated heterocycles. The summed E-state index contributed by atoms with van der Waals surface area (Å²) >= 11 is 0. The average Bonchev–Trinajstić information content (AvgIpc) is 2.73. The van der Waals surface area contributed by atoms with E-state index in [-0.39, 0.29) is 12.1 Å². The van der Waals surface area contributed by atoms with E-state index >= 15 is 0 Å². The van der Waals surface area contributed by atoms with E-state index in [9.17, 15) is 4.79 Å². The molecule has 1 amide bonds. The fraction of sp³-hybridized carbons (Fsp3) is 0.769. The molecule has 0 unspecified atom stereocenters. The molecule has 1 aliphatic heterocycles. The molecule has 6 heteroatoms. The summed E-state index contributed by atoms with van der Waals surface area (Å²) in [6.45, 7) is 8.02. The molecule has 6 nitrogen and oxygen atoms in total. The predicted octanol–water partition coefficient (Wildman–Crippen LogP) is 2.84. The summed E-state index contributed by atoms with van der Waals surface area (Å²) in [5.41, 5.74) is -0.496. The van der Waals surface area contributed by atoms with E-state index in [4.69, 9.17) is 9.26 Å². The van der Waals surface area contributed by atoms with Gasteiger partial charge < -0.3 is 9.26 Å². The fourth-order valence-corrected chi connectivity index (χ4v) is 2.18. The first-order valence-corrected chi connectivity index (χ1v) is 6.66. The van der Waals surface area contributed by atoms with E-state index in [2.05, 4.69) is 10.1 Å². The van der Waals surface area contributed by atoms with Crippen molar-refractivity contribution in [2.24, 2.45) is 0 Å². The van der Waals surface area contributed by atoms with Gasteiger partial charge >= 0.3 is 6.09 Å². The molecule has 2 heterocycles. The molecule has 0 aromatic carbocycles. The number of carbonyl (C=O) groups excluding carboxylic acids is 1. The molecule has 1 fully saturated rings. The predicted molar refractivity (Wildman–Crippen MR) is 68.6 cm³/mol. The second-order valence-corrected chi connectivity index (χ2v) is 5.87. The summed E-state index contributed by atoms with van der Waals surface area (Å²) in [4.78, 5) is 18.2. The van der Waals surface area contributed by atoms with Gasteiger partial charge in [0.25, 0.3) is 0 Å². The van der Waals surface area contributed by atoms with Crippen LogP contribution in [0.25, 0.3) is 0 Å². The summed E-state index contributed by atoms with van der Waals surface area (Å²) in [6.07, 6.45) is 2.54. The van der Waals surface area contributed by atoms with E-state index in [1.807, 2.05) is 20.8 Å². The molecule has 0 saturated carbocycles. The standard InChI is InChI=1S/C13H21N3O3/c1-9-14-11(19-15-9)10-7-5-6-8-16(10)12(17)18-13(2,3)4/h10H,5-8H2,1-4H3/t10-/m0/s1. The van der Waals surface area contributed by atoms with Crippen LogP contribution < -0.4 is 0 Å². The van der Waals surface area contributed by atoms with Crippen LogP contribution in [0.2, 0.25) is 0 Å². The number of carbonyl (C=O) groups is 1. The zero-order valence-electron chi connectivity index (χ0n) is 12.0. The Morgan fingerprint density at radius 3 is 2.74 bits per heavy atom. The number of hydrogen-bond acceptors (Lipinski definition) is 5. The number of rotatable bonds is 1. The van der Waals surface area contributed by atoms with Crippen molar-refractivity contribution in [3.8, 4) is 0 Å². The lowest BCUT2D eigenvalue weighted by atomic mass is 10.0. The minimum atomic E-state index is -0.496. The molecular formula is C13H21N3O3. The minimum absolute atomic E-state index is 0.162. The van der Waals surface area contributed by atoms with Crippen LogP contribution in [0.15, 0.2) is 4.52 Å². The van der Waals surface area contributed by atoms with Gasteiger partial charge in [-0.05, 0) is 47.0 Å². The highest BCUT2D eigenvalue weighted by atomic mass is 16.6.